The summed E-state index contributed by atoms with van der Waals surface area (Å²) in [6.45, 7) is 3.93. The molecule has 2 rings (SSSR count). The molecule has 2 heterocycles. The summed E-state index contributed by atoms with van der Waals surface area (Å²) in [6, 6.07) is 1.80. The second kappa shape index (κ2) is 4.49. The molecule has 0 aliphatic carbocycles. The van der Waals surface area contributed by atoms with Gasteiger partial charge in [0.2, 0.25) is 0 Å². The summed E-state index contributed by atoms with van der Waals surface area (Å²) in [4.78, 5) is 11.2. The molecule has 16 heavy (non-hydrogen) atoms. The molecule has 5 heteroatoms. The smallest absolute Gasteiger partial charge is 0.160 e. The van der Waals surface area contributed by atoms with Crippen LogP contribution in [0.25, 0.3) is 5.69 Å². The SMILES string of the molecule is CC(C)Oc1cnn(-c2csc(C=O)c2)c1. The van der Waals surface area contributed by atoms with Gasteiger partial charge in [-0.2, -0.15) is 5.10 Å². The molecule has 0 aromatic carbocycles. The molecule has 0 unspecified atom stereocenters. The Bertz CT molecular complexity index is 488. The number of aromatic nitrogens is 2. The van der Waals surface area contributed by atoms with E-state index in [1.807, 2.05) is 19.2 Å². The van der Waals surface area contributed by atoms with E-state index in [2.05, 4.69) is 5.10 Å². The second-order valence-electron chi connectivity index (χ2n) is 3.61. The summed E-state index contributed by atoms with van der Waals surface area (Å²) in [5.41, 5.74) is 0.880. The van der Waals surface area contributed by atoms with Crippen molar-refractivity contribution >= 4 is 17.6 Å². The number of rotatable bonds is 4. The van der Waals surface area contributed by atoms with Crippen LogP contribution in [0.1, 0.15) is 23.5 Å². The van der Waals surface area contributed by atoms with Crippen LogP contribution < -0.4 is 4.74 Å². The molecule has 0 amide bonds. The molecule has 0 radical (unpaired) electrons. The molecule has 0 aliphatic heterocycles. The first-order valence-electron chi connectivity index (χ1n) is 4.94. The van der Waals surface area contributed by atoms with Gasteiger partial charge in [-0.15, -0.1) is 11.3 Å². The van der Waals surface area contributed by atoms with Crippen molar-refractivity contribution in [2.24, 2.45) is 0 Å². The van der Waals surface area contributed by atoms with E-state index < -0.39 is 0 Å². The average molecular weight is 236 g/mol. The first kappa shape index (κ1) is 10.9. The maximum absolute atomic E-state index is 10.6. The van der Waals surface area contributed by atoms with E-state index in [4.69, 9.17) is 4.74 Å². The summed E-state index contributed by atoms with van der Waals surface area (Å²) in [6.07, 6.45) is 4.43. The lowest BCUT2D eigenvalue weighted by atomic mass is 10.4. The van der Waals surface area contributed by atoms with Gasteiger partial charge in [0.25, 0.3) is 0 Å². The van der Waals surface area contributed by atoms with E-state index in [1.54, 1.807) is 23.1 Å². The maximum atomic E-state index is 10.6. The van der Waals surface area contributed by atoms with E-state index in [0.29, 0.717) is 4.88 Å². The van der Waals surface area contributed by atoms with Crippen molar-refractivity contribution in [3.05, 3.63) is 28.7 Å². The molecule has 0 aliphatic rings. The fourth-order valence-electron chi connectivity index (χ4n) is 1.30. The zero-order valence-corrected chi connectivity index (χ0v) is 9.90. The van der Waals surface area contributed by atoms with E-state index in [9.17, 15) is 4.79 Å². The van der Waals surface area contributed by atoms with Crippen LogP contribution in [0.3, 0.4) is 0 Å². The van der Waals surface area contributed by atoms with Crippen LogP contribution in [-0.2, 0) is 0 Å². The van der Waals surface area contributed by atoms with Crippen LogP contribution in [0.5, 0.6) is 5.75 Å². The summed E-state index contributed by atoms with van der Waals surface area (Å²) in [7, 11) is 0. The third-order valence-electron chi connectivity index (χ3n) is 1.92. The Morgan fingerprint density at radius 2 is 2.38 bits per heavy atom. The first-order valence-corrected chi connectivity index (χ1v) is 5.82. The van der Waals surface area contributed by atoms with Crippen LogP contribution in [0.2, 0.25) is 0 Å². The molecule has 84 valence electrons. The Morgan fingerprint density at radius 1 is 1.56 bits per heavy atom. The van der Waals surface area contributed by atoms with Crippen molar-refractivity contribution in [3.8, 4) is 11.4 Å². The van der Waals surface area contributed by atoms with Gasteiger partial charge in [0.1, 0.15) is 0 Å². The molecule has 0 spiro atoms. The number of aldehydes is 1. The van der Waals surface area contributed by atoms with Gasteiger partial charge in [-0.1, -0.05) is 0 Å². The number of carbonyl (C=O) groups is 1. The van der Waals surface area contributed by atoms with Crippen LogP contribution in [0.4, 0.5) is 0 Å². The van der Waals surface area contributed by atoms with Gasteiger partial charge in [-0.05, 0) is 19.9 Å². The van der Waals surface area contributed by atoms with E-state index in [1.165, 1.54) is 11.3 Å². The number of thiophene rings is 1. The summed E-state index contributed by atoms with van der Waals surface area (Å²) < 4.78 is 7.20. The van der Waals surface area contributed by atoms with Crippen molar-refractivity contribution in [1.29, 1.82) is 0 Å². The van der Waals surface area contributed by atoms with Crippen LogP contribution >= 0.6 is 11.3 Å². The van der Waals surface area contributed by atoms with Crippen molar-refractivity contribution < 1.29 is 9.53 Å². The molecular weight excluding hydrogens is 224 g/mol. The van der Waals surface area contributed by atoms with Crippen LogP contribution in [0, 0.1) is 0 Å². The molecule has 0 atom stereocenters. The predicted molar refractivity (Wildman–Crippen MR) is 62.6 cm³/mol. The molecular formula is C11H12N2O2S. The number of nitrogens with zero attached hydrogens (tertiary/aromatic N) is 2. The Kier molecular flexibility index (Phi) is 3.05. The summed E-state index contributed by atoms with van der Waals surface area (Å²) in [5, 5.41) is 6.05. The highest BCUT2D eigenvalue weighted by Crippen LogP contribution is 2.19. The second-order valence-corrected chi connectivity index (χ2v) is 4.56. The van der Waals surface area contributed by atoms with E-state index in [-0.39, 0.29) is 6.10 Å². The standard InChI is InChI=1S/C11H12N2O2S/c1-8(2)15-10-4-12-13(5-10)9-3-11(6-14)16-7-9/h3-8H,1-2H3. The van der Waals surface area contributed by atoms with Gasteiger partial charge < -0.3 is 4.74 Å². The largest absolute Gasteiger partial charge is 0.488 e. The Balaban J connectivity index is 2.20. The van der Waals surface area contributed by atoms with Gasteiger partial charge in [-0.3, -0.25) is 4.79 Å². The average Bonchev–Trinajstić information content (AvgIpc) is 2.83. The zero-order chi connectivity index (χ0) is 11.5. The highest BCUT2D eigenvalue weighted by Gasteiger charge is 2.05. The lowest BCUT2D eigenvalue weighted by molar-refractivity contribution is 0.112. The third-order valence-corrected chi connectivity index (χ3v) is 2.76. The zero-order valence-electron chi connectivity index (χ0n) is 9.08. The minimum Gasteiger partial charge on any atom is -0.488 e. The summed E-state index contributed by atoms with van der Waals surface area (Å²) >= 11 is 1.40. The lowest BCUT2D eigenvalue weighted by Gasteiger charge is -2.05. The minimum atomic E-state index is 0.130. The molecule has 4 nitrogen and oxygen atoms in total. The third kappa shape index (κ3) is 2.30. The van der Waals surface area contributed by atoms with Crippen LogP contribution in [-0.4, -0.2) is 22.2 Å². The highest BCUT2D eigenvalue weighted by atomic mass is 32.1. The molecule has 2 aromatic heterocycles. The van der Waals surface area contributed by atoms with Crippen molar-refractivity contribution in [2.75, 3.05) is 0 Å². The fraction of sp³-hybridized carbons (Fsp3) is 0.273. The lowest BCUT2D eigenvalue weighted by Crippen LogP contribution is -2.04. The number of carbonyl (C=O) groups excluding carboxylic acids is 1. The quantitative estimate of drug-likeness (QED) is 0.766. The molecule has 0 fully saturated rings. The number of ether oxygens (including phenoxy) is 1. The Morgan fingerprint density at radius 3 is 3.00 bits per heavy atom. The fourth-order valence-corrected chi connectivity index (χ4v) is 1.98. The molecule has 0 saturated heterocycles. The molecule has 0 N–H and O–H groups in total. The van der Waals surface area contributed by atoms with Gasteiger partial charge >= 0.3 is 0 Å². The Labute approximate surface area is 97.5 Å². The van der Waals surface area contributed by atoms with E-state index in [0.717, 1.165) is 17.7 Å². The van der Waals surface area contributed by atoms with Crippen molar-refractivity contribution in [2.45, 2.75) is 20.0 Å². The topological polar surface area (TPSA) is 44.1 Å². The highest BCUT2D eigenvalue weighted by molar-refractivity contribution is 7.12. The van der Waals surface area contributed by atoms with Gasteiger partial charge in [0.15, 0.2) is 12.0 Å². The molecule has 0 saturated carbocycles. The first-order chi connectivity index (χ1) is 7.69. The number of hydrogen-bond acceptors (Lipinski definition) is 4. The van der Waals surface area contributed by atoms with Crippen LogP contribution in [0.15, 0.2) is 23.8 Å². The maximum Gasteiger partial charge on any atom is 0.160 e. The van der Waals surface area contributed by atoms with Gasteiger partial charge in [0.05, 0.1) is 29.1 Å². The normalized spacial score (nSPS) is 10.7. The molecule has 0 bridgehead atoms. The van der Waals surface area contributed by atoms with Crippen molar-refractivity contribution in [3.63, 3.8) is 0 Å². The van der Waals surface area contributed by atoms with Gasteiger partial charge in [0, 0.05) is 5.38 Å². The van der Waals surface area contributed by atoms with Gasteiger partial charge in [-0.25, -0.2) is 4.68 Å². The molecule has 2 aromatic rings. The van der Waals surface area contributed by atoms with E-state index >= 15 is 0 Å². The van der Waals surface area contributed by atoms with Crippen molar-refractivity contribution in [1.82, 2.24) is 9.78 Å². The number of hydrogen-bond donors (Lipinski definition) is 0. The minimum absolute atomic E-state index is 0.130. The summed E-state index contributed by atoms with van der Waals surface area (Å²) in [5.74, 6) is 0.730. The Hall–Kier alpha value is -1.62. The predicted octanol–water partition coefficient (Wildman–Crippen LogP) is 2.53. The monoisotopic (exact) mass is 236 g/mol.